The predicted octanol–water partition coefficient (Wildman–Crippen LogP) is 4.93. The Bertz CT molecular complexity index is 952. The normalized spacial score (nSPS) is 10.4. The molecule has 0 atom stereocenters. The molecule has 132 valence electrons. The molecule has 2 aromatic carbocycles. The molecule has 0 unspecified atom stereocenters. The van der Waals surface area contributed by atoms with E-state index in [9.17, 15) is 4.79 Å². The first-order valence-corrected chi connectivity index (χ1v) is 8.27. The number of benzene rings is 2. The zero-order valence-electron chi connectivity index (χ0n) is 14.2. The van der Waals surface area contributed by atoms with Gasteiger partial charge in [0.1, 0.15) is 5.82 Å². The molecule has 3 N–H and O–H groups in total. The van der Waals surface area contributed by atoms with Crippen LogP contribution < -0.4 is 10.6 Å². The number of rotatable bonds is 5. The van der Waals surface area contributed by atoms with Crippen LogP contribution in [0.4, 0.5) is 23.1 Å². The van der Waals surface area contributed by atoms with Crippen molar-refractivity contribution in [3.05, 3.63) is 70.4 Å². The van der Waals surface area contributed by atoms with Gasteiger partial charge in [0.15, 0.2) is 0 Å². The lowest BCUT2D eigenvalue weighted by Crippen LogP contribution is -2.03. The summed E-state index contributed by atoms with van der Waals surface area (Å²) in [6, 6.07) is 12.1. The Balaban J connectivity index is 1.83. The number of hydrogen-bond acceptors (Lipinski definition) is 5. The largest absolute Gasteiger partial charge is 0.478 e. The lowest BCUT2D eigenvalue weighted by atomic mass is 10.1. The highest BCUT2D eigenvalue weighted by molar-refractivity contribution is 6.33. The van der Waals surface area contributed by atoms with Gasteiger partial charge >= 0.3 is 5.97 Å². The van der Waals surface area contributed by atoms with Crippen LogP contribution in [0.25, 0.3) is 0 Å². The van der Waals surface area contributed by atoms with Gasteiger partial charge in [-0.25, -0.2) is 9.78 Å². The van der Waals surface area contributed by atoms with E-state index in [1.54, 1.807) is 30.5 Å². The van der Waals surface area contributed by atoms with Crippen molar-refractivity contribution in [2.45, 2.75) is 13.8 Å². The van der Waals surface area contributed by atoms with E-state index < -0.39 is 5.97 Å². The molecule has 0 aliphatic heterocycles. The van der Waals surface area contributed by atoms with Gasteiger partial charge in [0.2, 0.25) is 5.95 Å². The summed E-state index contributed by atoms with van der Waals surface area (Å²) < 4.78 is 0. The van der Waals surface area contributed by atoms with Crippen LogP contribution in [-0.2, 0) is 0 Å². The van der Waals surface area contributed by atoms with Crippen molar-refractivity contribution < 1.29 is 9.90 Å². The Morgan fingerprint density at radius 3 is 2.65 bits per heavy atom. The summed E-state index contributed by atoms with van der Waals surface area (Å²) in [5.74, 6) is -0.0626. The molecular formula is C19H17ClN4O2. The first-order chi connectivity index (χ1) is 12.4. The van der Waals surface area contributed by atoms with Crippen molar-refractivity contribution >= 4 is 40.7 Å². The number of carboxylic acid groups (broad SMARTS) is 1. The number of nitrogens with one attached hydrogen (secondary N) is 2. The zero-order valence-corrected chi connectivity index (χ0v) is 15.0. The molecule has 0 amide bonds. The van der Waals surface area contributed by atoms with E-state index in [0.717, 1.165) is 16.8 Å². The number of halogens is 1. The van der Waals surface area contributed by atoms with Gasteiger partial charge in [-0.2, -0.15) is 4.98 Å². The second kappa shape index (κ2) is 7.41. The number of aromatic carboxylic acids is 1. The number of anilines is 4. The van der Waals surface area contributed by atoms with Gasteiger partial charge in [-0.3, -0.25) is 0 Å². The molecule has 0 spiro atoms. The van der Waals surface area contributed by atoms with Crippen molar-refractivity contribution in [1.82, 2.24) is 9.97 Å². The molecule has 26 heavy (non-hydrogen) atoms. The lowest BCUT2D eigenvalue weighted by Gasteiger charge is -2.12. The van der Waals surface area contributed by atoms with Gasteiger partial charge in [-0.05, 0) is 55.3 Å². The number of aromatic nitrogens is 2. The Morgan fingerprint density at radius 1 is 1.12 bits per heavy atom. The maximum absolute atomic E-state index is 11.1. The highest BCUT2D eigenvalue weighted by atomic mass is 35.5. The Morgan fingerprint density at radius 2 is 1.92 bits per heavy atom. The van der Waals surface area contributed by atoms with Crippen LogP contribution in [0.1, 0.15) is 21.5 Å². The molecule has 3 rings (SSSR count). The molecule has 6 nitrogen and oxygen atoms in total. The molecule has 0 radical (unpaired) electrons. The predicted molar refractivity (Wildman–Crippen MR) is 103 cm³/mol. The quantitative estimate of drug-likeness (QED) is 0.591. The van der Waals surface area contributed by atoms with Gasteiger partial charge in [0, 0.05) is 11.9 Å². The van der Waals surface area contributed by atoms with Crippen LogP contribution in [0.3, 0.4) is 0 Å². The molecule has 0 fully saturated rings. The minimum Gasteiger partial charge on any atom is -0.478 e. The molecule has 0 aliphatic carbocycles. The second-order valence-electron chi connectivity index (χ2n) is 5.84. The highest BCUT2D eigenvalue weighted by Gasteiger charge is 2.09. The summed E-state index contributed by atoms with van der Waals surface area (Å²) >= 11 is 6.31. The third kappa shape index (κ3) is 4.10. The molecule has 0 bridgehead atoms. The lowest BCUT2D eigenvalue weighted by molar-refractivity contribution is 0.0697. The van der Waals surface area contributed by atoms with E-state index in [1.807, 2.05) is 26.0 Å². The number of nitrogens with zero attached hydrogens (tertiary/aromatic N) is 2. The fourth-order valence-corrected chi connectivity index (χ4v) is 2.92. The van der Waals surface area contributed by atoms with Crippen LogP contribution >= 0.6 is 11.6 Å². The van der Waals surface area contributed by atoms with Crippen molar-refractivity contribution in [2.24, 2.45) is 0 Å². The summed E-state index contributed by atoms with van der Waals surface area (Å²) in [4.78, 5) is 19.7. The first kappa shape index (κ1) is 17.7. The van der Waals surface area contributed by atoms with E-state index in [4.69, 9.17) is 16.7 Å². The topological polar surface area (TPSA) is 87.1 Å². The average Bonchev–Trinajstić information content (AvgIpc) is 2.58. The van der Waals surface area contributed by atoms with Crippen molar-refractivity contribution in [3.8, 4) is 0 Å². The van der Waals surface area contributed by atoms with Gasteiger partial charge in [-0.15, -0.1) is 0 Å². The van der Waals surface area contributed by atoms with Crippen LogP contribution in [0.2, 0.25) is 5.02 Å². The highest BCUT2D eigenvalue weighted by Crippen LogP contribution is 2.29. The van der Waals surface area contributed by atoms with E-state index in [-0.39, 0.29) is 5.56 Å². The van der Waals surface area contributed by atoms with Crippen molar-refractivity contribution in [2.75, 3.05) is 10.6 Å². The Hall–Kier alpha value is -3.12. The fraction of sp³-hybridized carbons (Fsp3) is 0.105. The summed E-state index contributed by atoms with van der Waals surface area (Å²) in [5.41, 5.74) is 3.64. The minimum absolute atomic E-state index is 0.199. The van der Waals surface area contributed by atoms with Gasteiger partial charge in [-0.1, -0.05) is 23.7 Å². The van der Waals surface area contributed by atoms with Gasteiger partial charge < -0.3 is 15.7 Å². The minimum atomic E-state index is -0.983. The van der Waals surface area contributed by atoms with Crippen LogP contribution in [0, 0.1) is 13.8 Å². The first-order valence-electron chi connectivity index (χ1n) is 7.89. The second-order valence-corrected chi connectivity index (χ2v) is 6.25. The molecule has 1 aromatic heterocycles. The summed E-state index contributed by atoms with van der Waals surface area (Å²) in [7, 11) is 0. The maximum atomic E-state index is 11.1. The number of carbonyl (C=O) groups is 1. The molecule has 3 aromatic rings. The van der Waals surface area contributed by atoms with Crippen molar-refractivity contribution in [3.63, 3.8) is 0 Å². The SMILES string of the molecule is Cc1cc(C)c(Nc2nccc(Nc3cccc(C(=O)O)c3)n2)c(Cl)c1. The Labute approximate surface area is 155 Å². The smallest absolute Gasteiger partial charge is 0.335 e. The molecule has 7 heteroatoms. The molecule has 0 aliphatic rings. The third-order valence-corrected chi connectivity index (χ3v) is 4.00. The van der Waals surface area contributed by atoms with Crippen molar-refractivity contribution in [1.29, 1.82) is 0 Å². The van der Waals surface area contributed by atoms with E-state index >= 15 is 0 Å². The van der Waals surface area contributed by atoms with E-state index in [2.05, 4.69) is 20.6 Å². The maximum Gasteiger partial charge on any atom is 0.335 e. The summed E-state index contributed by atoms with van der Waals surface area (Å²) in [6.07, 6.45) is 1.61. The standard InChI is InChI=1S/C19H17ClN4O2/c1-11-8-12(2)17(15(20)9-11)24-19-21-7-6-16(23-19)22-14-5-3-4-13(10-14)18(25)26/h3-10H,1-2H3,(H,25,26)(H2,21,22,23,24). The number of aryl methyl sites for hydroxylation is 2. The summed E-state index contributed by atoms with van der Waals surface area (Å²) in [5, 5.41) is 15.9. The average molecular weight is 369 g/mol. The number of hydrogen-bond donors (Lipinski definition) is 3. The van der Waals surface area contributed by atoms with E-state index in [0.29, 0.717) is 22.5 Å². The van der Waals surface area contributed by atoms with Crippen LogP contribution in [-0.4, -0.2) is 21.0 Å². The van der Waals surface area contributed by atoms with Crippen LogP contribution in [0.15, 0.2) is 48.7 Å². The fourth-order valence-electron chi connectivity index (χ4n) is 2.55. The van der Waals surface area contributed by atoms with Gasteiger partial charge in [0.25, 0.3) is 0 Å². The van der Waals surface area contributed by atoms with Gasteiger partial charge in [0.05, 0.1) is 16.3 Å². The summed E-state index contributed by atoms with van der Waals surface area (Å²) in [6.45, 7) is 3.94. The molecule has 1 heterocycles. The monoisotopic (exact) mass is 368 g/mol. The van der Waals surface area contributed by atoms with Crippen LogP contribution in [0.5, 0.6) is 0 Å². The molecular weight excluding hydrogens is 352 g/mol. The molecule has 0 saturated heterocycles. The Kier molecular flexibility index (Phi) is 5.04. The zero-order chi connectivity index (χ0) is 18.7. The van der Waals surface area contributed by atoms with E-state index in [1.165, 1.54) is 6.07 Å². The number of carboxylic acids is 1. The third-order valence-electron chi connectivity index (χ3n) is 3.71. The molecule has 0 saturated carbocycles.